The standard InChI is InChI=1S/C42H58N10O6S3/c1-41(2,3)57-39(55)51-23-19-49(20-24-51)33(29-13-9-7-10-14-29)35(53)43-37-47-45-31(60-37)17-27-59-28-18-32-46-48-38(61-32)44-36(54)34(30-15-11-8-12-16-30)50-21-25-52(26-22-50)40(56)58-42(4,5)6/h7-16,33-34,39,55H,17-28H2,1-6H3,(H,43,47,53)(H,44,48,54). The Bertz CT molecular complexity index is 2010. The Morgan fingerprint density at radius 2 is 1.08 bits per heavy atom. The summed E-state index contributed by atoms with van der Waals surface area (Å²) in [6, 6.07) is 18.3. The molecule has 2 aromatic carbocycles. The van der Waals surface area contributed by atoms with Crippen molar-refractivity contribution in [3.8, 4) is 0 Å². The van der Waals surface area contributed by atoms with Crippen LogP contribution in [0.15, 0.2) is 60.7 Å². The molecule has 0 radical (unpaired) electrons. The second-order valence-electron chi connectivity index (χ2n) is 16.9. The average molecular weight is 895 g/mol. The molecule has 0 bridgehead atoms. The molecule has 16 nitrogen and oxygen atoms in total. The third-order valence-electron chi connectivity index (χ3n) is 9.86. The van der Waals surface area contributed by atoms with Crippen molar-refractivity contribution in [1.29, 1.82) is 0 Å². The molecule has 3 atom stereocenters. The van der Waals surface area contributed by atoms with Crippen molar-refractivity contribution in [1.82, 2.24) is 40.0 Å². The molecule has 4 heterocycles. The van der Waals surface area contributed by atoms with Crippen LogP contribution in [0.3, 0.4) is 0 Å². The van der Waals surface area contributed by atoms with Crippen LogP contribution in [0.5, 0.6) is 0 Å². The Balaban J connectivity index is 0.947. The van der Waals surface area contributed by atoms with Crippen LogP contribution >= 0.6 is 34.4 Å². The zero-order valence-corrected chi connectivity index (χ0v) is 38.2. The second-order valence-corrected chi connectivity index (χ2v) is 20.2. The van der Waals surface area contributed by atoms with Gasteiger partial charge in [-0.1, -0.05) is 83.3 Å². The number of nitrogens with one attached hydrogen (secondary N) is 2. The van der Waals surface area contributed by atoms with Crippen LogP contribution in [0.25, 0.3) is 0 Å². The molecule has 19 heteroatoms. The van der Waals surface area contributed by atoms with Crippen molar-refractivity contribution in [2.45, 2.75) is 84.1 Å². The lowest BCUT2D eigenvalue weighted by Gasteiger charge is -2.41. The van der Waals surface area contributed by atoms with E-state index in [1.54, 1.807) is 16.7 Å². The smallest absolute Gasteiger partial charge is 0.410 e. The molecule has 3 amide bonds. The molecule has 61 heavy (non-hydrogen) atoms. The van der Waals surface area contributed by atoms with Gasteiger partial charge in [0.25, 0.3) is 0 Å². The summed E-state index contributed by atoms with van der Waals surface area (Å²) >= 11 is 4.51. The van der Waals surface area contributed by atoms with Crippen molar-refractivity contribution in [2.24, 2.45) is 0 Å². The lowest BCUT2D eigenvalue weighted by Crippen LogP contribution is -2.54. The fourth-order valence-electron chi connectivity index (χ4n) is 7.00. The predicted octanol–water partition coefficient (Wildman–Crippen LogP) is 5.53. The number of aliphatic hydroxyl groups is 1. The number of aryl methyl sites for hydroxylation is 2. The molecule has 0 saturated carbocycles. The van der Waals surface area contributed by atoms with E-state index in [-0.39, 0.29) is 17.9 Å². The molecule has 3 unspecified atom stereocenters. The first kappa shape index (κ1) is 46.4. The fraction of sp³-hybridized carbons (Fsp3) is 0.548. The molecule has 2 fully saturated rings. The van der Waals surface area contributed by atoms with Gasteiger partial charge in [0.15, 0.2) is 0 Å². The zero-order chi connectivity index (χ0) is 43.6. The van der Waals surface area contributed by atoms with Crippen LogP contribution in [0.4, 0.5) is 15.1 Å². The number of rotatable bonds is 16. The first-order valence-corrected chi connectivity index (χ1v) is 23.4. The van der Waals surface area contributed by atoms with E-state index in [2.05, 4.69) is 40.8 Å². The maximum absolute atomic E-state index is 13.8. The van der Waals surface area contributed by atoms with E-state index in [9.17, 15) is 19.5 Å². The number of carbonyl (C=O) groups is 3. The normalized spacial score (nSPS) is 17.4. The van der Waals surface area contributed by atoms with Crippen LogP contribution in [0.1, 0.15) is 74.8 Å². The van der Waals surface area contributed by atoms with Gasteiger partial charge in [0.05, 0.1) is 5.60 Å². The van der Waals surface area contributed by atoms with E-state index in [4.69, 9.17) is 9.47 Å². The van der Waals surface area contributed by atoms with Crippen LogP contribution in [-0.2, 0) is 31.9 Å². The van der Waals surface area contributed by atoms with Gasteiger partial charge in [-0.2, -0.15) is 11.8 Å². The number of aromatic nitrogens is 4. The quantitative estimate of drug-likeness (QED) is 0.0945. The number of nitrogens with zero attached hydrogens (tertiary/aromatic N) is 8. The first-order chi connectivity index (χ1) is 29.1. The van der Waals surface area contributed by atoms with Gasteiger partial charge in [-0.15, -0.1) is 20.4 Å². The van der Waals surface area contributed by atoms with Crippen molar-refractivity contribution >= 4 is 62.6 Å². The number of hydrogen-bond acceptors (Lipinski definition) is 16. The third-order valence-corrected chi connectivity index (χ3v) is 12.6. The summed E-state index contributed by atoms with van der Waals surface area (Å²) in [6.07, 6.45) is 0.0471. The van der Waals surface area contributed by atoms with Gasteiger partial charge in [-0.05, 0) is 64.2 Å². The van der Waals surface area contributed by atoms with Gasteiger partial charge >= 0.3 is 6.09 Å². The first-order valence-electron chi connectivity index (χ1n) is 20.6. The lowest BCUT2D eigenvalue weighted by molar-refractivity contribution is -0.244. The highest BCUT2D eigenvalue weighted by Crippen LogP contribution is 2.29. The molecule has 6 rings (SSSR count). The summed E-state index contributed by atoms with van der Waals surface area (Å²) in [5.41, 5.74) is 0.696. The molecular weight excluding hydrogens is 837 g/mol. The Labute approximate surface area is 370 Å². The highest BCUT2D eigenvalue weighted by atomic mass is 32.2. The minimum Gasteiger partial charge on any atom is -0.444 e. The fourth-order valence-corrected chi connectivity index (χ4v) is 9.62. The Hall–Kier alpha value is -4.08. The lowest BCUT2D eigenvalue weighted by atomic mass is 10.0. The molecular formula is C42H58N10O6S3. The monoisotopic (exact) mass is 894 g/mol. The van der Waals surface area contributed by atoms with Crippen LogP contribution in [-0.4, -0.2) is 144 Å². The van der Waals surface area contributed by atoms with Crippen LogP contribution < -0.4 is 10.6 Å². The van der Waals surface area contributed by atoms with Gasteiger partial charge in [0.1, 0.15) is 27.7 Å². The molecule has 2 aliphatic rings. The zero-order valence-electron chi connectivity index (χ0n) is 35.8. The summed E-state index contributed by atoms with van der Waals surface area (Å²) in [5, 5.41) is 36.4. The van der Waals surface area contributed by atoms with Crippen molar-refractivity contribution in [2.75, 3.05) is 74.5 Å². The molecule has 2 saturated heterocycles. The van der Waals surface area contributed by atoms with Crippen molar-refractivity contribution < 1.29 is 29.0 Å². The second kappa shape index (κ2) is 21.3. The summed E-state index contributed by atoms with van der Waals surface area (Å²) in [4.78, 5) is 48.0. The van der Waals surface area contributed by atoms with Gasteiger partial charge in [-0.25, -0.2) is 4.79 Å². The topological polar surface area (TPSA) is 178 Å². The summed E-state index contributed by atoms with van der Waals surface area (Å²) in [6.45, 7) is 15.5. The number of hydrogen-bond donors (Lipinski definition) is 3. The van der Waals surface area contributed by atoms with Crippen molar-refractivity contribution in [3.05, 3.63) is 81.8 Å². The van der Waals surface area contributed by atoms with E-state index in [1.807, 2.05) is 107 Å². The molecule has 330 valence electrons. The number of amides is 3. The molecule has 3 N–H and O–H groups in total. The van der Waals surface area contributed by atoms with E-state index < -0.39 is 29.7 Å². The minimum absolute atomic E-state index is 0.176. The highest BCUT2D eigenvalue weighted by Gasteiger charge is 2.35. The third kappa shape index (κ3) is 14.0. The number of aliphatic hydroxyl groups excluding tert-OH is 1. The molecule has 2 aliphatic heterocycles. The summed E-state index contributed by atoms with van der Waals surface area (Å²) in [7, 11) is 0. The minimum atomic E-state index is -1.01. The maximum atomic E-state index is 13.8. The summed E-state index contributed by atoms with van der Waals surface area (Å²) in [5.74, 6) is 1.25. The van der Waals surface area contributed by atoms with E-state index >= 15 is 0 Å². The largest absolute Gasteiger partial charge is 0.444 e. The Morgan fingerprint density at radius 1 is 0.656 bits per heavy atom. The number of anilines is 2. The number of benzene rings is 2. The Kier molecular flexibility index (Phi) is 16.2. The number of carbonyl (C=O) groups excluding carboxylic acids is 3. The maximum Gasteiger partial charge on any atom is 0.410 e. The predicted molar refractivity (Wildman–Crippen MR) is 240 cm³/mol. The van der Waals surface area contributed by atoms with E-state index in [0.717, 1.165) is 32.6 Å². The van der Waals surface area contributed by atoms with Crippen LogP contribution in [0, 0.1) is 0 Å². The van der Waals surface area contributed by atoms with Gasteiger partial charge in [0, 0.05) is 65.2 Å². The SMILES string of the molecule is CC(C)(C)OC(=O)N1CCN(C(C(=O)Nc2nnc(CCSCCc3nnc(NC(=O)C(c4ccccc4)N4CCN(C(O)OC(C)(C)C)CC4)s3)s2)c2ccccc2)CC1. The molecule has 4 aromatic rings. The van der Waals surface area contributed by atoms with Crippen molar-refractivity contribution in [3.63, 3.8) is 0 Å². The highest BCUT2D eigenvalue weighted by molar-refractivity contribution is 7.99. The van der Waals surface area contributed by atoms with E-state index in [0.29, 0.717) is 75.5 Å². The average Bonchev–Trinajstić information content (AvgIpc) is 3.86. The number of ether oxygens (including phenoxy) is 2. The van der Waals surface area contributed by atoms with Crippen LogP contribution in [0.2, 0.25) is 0 Å². The number of thioether (sulfide) groups is 1. The number of piperazine rings is 2. The summed E-state index contributed by atoms with van der Waals surface area (Å²) < 4.78 is 11.3. The van der Waals surface area contributed by atoms with Gasteiger partial charge in [-0.3, -0.25) is 34.9 Å². The molecule has 0 spiro atoms. The Morgan fingerprint density at radius 3 is 1.51 bits per heavy atom. The van der Waals surface area contributed by atoms with E-state index in [1.165, 1.54) is 22.7 Å². The molecule has 0 aliphatic carbocycles. The van der Waals surface area contributed by atoms with Gasteiger partial charge in [0.2, 0.25) is 28.5 Å². The molecule has 2 aromatic heterocycles. The van der Waals surface area contributed by atoms with Gasteiger partial charge < -0.3 is 19.5 Å².